The van der Waals surface area contributed by atoms with E-state index in [1.54, 1.807) is 19.1 Å². The normalized spacial score (nSPS) is 20.7. The lowest BCUT2D eigenvalue weighted by Crippen LogP contribution is -2.31. The number of H-pyrrole nitrogens is 1. The van der Waals surface area contributed by atoms with Gasteiger partial charge >= 0.3 is 6.18 Å². The van der Waals surface area contributed by atoms with E-state index in [1.807, 2.05) is 6.07 Å². The zero-order valence-electron chi connectivity index (χ0n) is 20.4. The second kappa shape index (κ2) is 8.70. The summed E-state index contributed by atoms with van der Waals surface area (Å²) in [5.74, 6) is 0.862. The van der Waals surface area contributed by atoms with Crippen LogP contribution in [0.4, 0.5) is 19.0 Å². The van der Waals surface area contributed by atoms with Gasteiger partial charge in [0, 0.05) is 47.4 Å². The molecule has 3 aromatic heterocycles. The molecule has 0 bridgehead atoms. The number of rotatable bonds is 5. The van der Waals surface area contributed by atoms with Crippen molar-refractivity contribution in [3.8, 4) is 0 Å². The van der Waals surface area contributed by atoms with Crippen molar-refractivity contribution in [2.24, 2.45) is 11.1 Å². The predicted octanol–water partition coefficient (Wildman–Crippen LogP) is 4.79. The maximum absolute atomic E-state index is 13.0. The molecule has 2 fully saturated rings. The highest BCUT2D eigenvalue weighted by Crippen LogP contribution is 2.43. The predicted molar refractivity (Wildman–Crippen MR) is 138 cm³/mol. The van der Waals surface area contributed by atoms with Gasteiger partial charge in [0.1, 0.15) is 22.2 Å². The van der Waals surface area contributed by atoms with Crippen LogP contribution in [-0.4, -0.2) is 58.1 Å². The smallest absolute Gasteiger partial charge is 0.364 e. The van der Waals surface area contributed by atoms with E-state index in [2.05, 4.69) is 36.9 Å². The van der Waals surface area contributed by atoms with Crippen molar-refractivity contribution in [3.05, 3.63) is 52.3 Å². The fourth-order valence-electron chi connectivity index (χ4n) is 5.86. The molecule has 37 heavy (non-hydrogen) atoms. The number of thiophene rings is 1. The van der Waals surface area contributed by atoms with Crippen molar-refractivity contribution in [2.45, 2.75) is 38.9 Å². The Labute approximate surface area is 215 Å². The number of halogens is 3. The Kier molecular flexibility index (Phi) is 5.68. The summed E-state index contributed by atoms with van der Waals surface area (Å²) in [4.78, 5) is 29.2. The highest BCUT2D eigenvalue weighted by atomic mass is 32.1. The van der Waals surface area contributed by atoms with Crippen molar-refractivity contribution >= 4 is 44.2 Å². The number of alkyl halides is 3. The first-order valence-corrected chi connectivity index (χ1v) is 13.1. The van der Waals surface area contributed by atoms with Gasteiger partial charge in [-0.05, 0) is 50.1 Å². The van der Waals surface area contributed by atoms with Crippen LogP contribution in [0, 0.1) is 12.3 Å². The van der Waals surface area contributed by atoms with Gasteiger partial charge < -0.3 is 15.6 Å². The van der Waals surface area contributed by atoms with Crippen molar-refractivity contribution in [1.29, 1.82) is 0 Å². The highest BCUT2D eigenvalue weighted by molar-refractivity contribution is 7.18. The summed E-state index contributed by atoms with van der Waals surface area (Å²) in [6.07, 6.45) is -3.10. The Morgan fingerprint density at radius 1 is 1.16 bits per heavy atom. The minimum Gasteiger partial charge on any atom is -0.364 e. The first-order valence-electron chi connectivity index (χ1n) is 12.3. The summed E-state index contributed by atoms with van der Waals surface area (Å²) in [6.45, 7) is 6.20. The molecule has 11 heteroatoms. The third-order valence-electron chi connectivity index (χ3n) is 7.52. The number of nitrogens with one attached hydrogen (secondary N) is 1. The molecule has 3 N–H and O–H groups in total. The van der Waals surface area contributed by atoms with Gasteiger partial charge in [-0.1, -0.05) is 12.1 Å². The molecule has 0 radical (unpaired) electrons. The third kappa shape index (κ3) is 4.77. The molecule has 0 aliphatic carbocycles. The van der Waals surface area contributed by atoms with Gasteiger partial charge in [-0.3, -0.25) is 9.69 Å². The fourth-order valence-corrected chi connectivity index (χ4v) is 6.96. The summed E-state index contributed by atoms with van der Waals surface area (Å²) < 4.78 is 39.0. The lowest BCUT2D eigenvalue weighted by molar-refractivity contribution is -0.126. The lowest BCUT2D eigenvalue weighted by atomic mass is 9.86. The maximum Gasteiger partial charge on any atom is 0.393 e. The van der Waals surface area contributed by atoms with Crippen LogP contribution < -0.4 is 10.6 Å². The van der Waals surface area contributed by atoms with Crippen LogP contribution >= 0.6 is 11.3 Å². The van der Waals surface area contributed by atoms with Crippen LogP contribution in [0.2, 0.25) is 0 Å². The molecule has 2 aliphatic heterocycles. The molecule has 2 aliphatic rings. The molecule has 7 nitrogen and oxygen atoms in total. The molecule has 1 aromatic carbocycles. The molecule has 2 saturated heterocycles. The van der Waals surface area contributed by atoms with Gasteiger partial charge in [0.25, 0.3) is 5.91 Å². The van der Waals surface area contributed by atoms with E-state index in [4.69, 9.17) is 5.73 Å². The van der Waals surface area contributed by atoms with Crippen molar-refractivity contribution in [3.63, 3.8) is 0 Å². The summed E-state index contributed by atoms with van der Waals surface area (Å²) >= 11 is 1.11. The number of hydrogen-bond acceptors (Lipinski definition) is 6. The minimum atomic E-state index is -4.25. The van der Waals surface area contributed by atoms with E-state index in [9.17, 15) is 18.0 Å². The molecule has 4 aromatic rings. The number of aromatic nitrogens is 3. The fraction of sp³-hybridized carbons (Fsp3) is 0.423. The second-order valence-corrected chi connectivity index (χ2v) is 11.5. The summed E-state index contributed by atoms with van der Waals surface area (Å²) in [5, 5.41) is 1.68. The molecule has 1 unspecified atom stereocenters. The Bertz CT molecular complexity index is 1510. The molecule has 0 saturated carbocycles. The van der Waals surface area contributed by atoms with E-state index in [0.717, 1.165) is 79.0 Å². The van der Waals surface area contributed by atoms with Crippen LogP contribution in [-0.2, 0) is 13.0 Å². The Morgan fingerprint density at radius 2 is 1.97 bits per heavy atom. The van der Waals surface area contributed by atoms with Crippen molar-refractivity contribution < 1.29 is 18.0 Å². The first-order chi connectivity index (χ1) is 17.6. The Morgan fingerprint density at radius 3 is 2.76 bits per heavy atom. The number of carbonyl (C=O) groups is 1. The van der Waals surface area contributed by atoms with Crippen LogP contribution in [0.25, 0.3) is 21.1 Å². The number of likely N-dealkylation sites (tertiary alicyclic amines) is 1. The molecule has 1 amide bonds. The van der Waals surface area contributed by atoms with Gasteiger partial charge in [-0.15, -0.1) is 11.3 Å². The van der Waals surface area contributed by atoms with Crippen LogP contribution in [0.5, 0.6) is 0 Å². The number of aromatic amines is 1. The number of anilines is 1. The summed E-state index contributed by atoms with van der Waals surface area (Å²) in [6, 6.07) is 9.55. The number of nitrogens with two attached hydrogens (primary N) is 1. The second-order valence-electron chi connectivity index (χ2n) is 10.4. The lowest BCUT2D eigenvalue weighted by Gasteiger charge is -2.25. The first kappa shape index (κ1) is 24.2. The number of amides is 1. The van der Waals surface area contributed by atoms with Gasteiger partial charge in [-0.2, -0.15) is 13.2 Å². The quantitative estimate of drug-likeness (QED) is 0.389. The van der Waals surface area contributed by atoms with Gasteiger partial charge in [0.15, 0.2) is 0 Å². The third-order valence-corrected chi connectivity index (χ3v) is 8.55. The van der Waals surface area contributed by atoms with Gasteiger partial charge in [0.2, 0.25) is 0 Å². The van der Waals surface area contributed by atoms with Gasteiger partial charge in [-0.25, -0.2) is 9.97 Å². The van der Waals surface area contributed by atoms with Crippen LogP contribution in [0.15, 0.2) is 30.3 Å². The van der Waals surface area contributed by atoms with Crippen LogP contribution in [0.3, 0.4) is 0 Å². The van der Waals surface area contributed by atoms with Crippen molar-refractivity contribution in [2.75, 3.05) is 31.1 Å². The zero-order chi connectivity index (χ0) is 25.9. The Hall–Kier alpha value is -3.18. The molecule has 6 rings (SSSR count). The largest absolute Gasteiger partial charge is 0.393 e. The SMILES string of the molecule is Cc1nc(N2CCC3(CCN(Cc4ccc5cc(C(N)=O)[nH]c5c4)C3)C2)c2cc(CC(F)(F)F)sc2n1. The molecule has 5 heterocycles. The molecule has 194 valence electrons. The van der Waals surface area contributed by atoms with Gasteiger partial charge in [0.05, 0.1) is 11.8 Å². The monoisotopic (exact) mass is 528 g/mol. The number of benzene rings is 1. The van der Waals surface area contributed by atoms with E-state index in [0.29, 0.717) is 16.3 Å². The summed E-state index contributed by atoms with van der Waals surface area (Å²) in [5.41, 5.74) is 8.00. The number of aryl methyl sites for hydroxylation is 1. The molecular formula is C26H27F3N6OS. The number of carbonyl (C=O) groups excluding carboxylic acids is 1. The topological polar surface area (TPSA) is 91.1 Å². The average molecular weight is 529 g/mol. The van der Waals surface area contributed by atoms with Crippen molar-refractivity contribution in [1.82, 2.24) is 19.9 Å². The van der Waals surface area contributed by atoms with E-state index >= 15 is 0 Å². The van der Waals surface area contributed by atoms with E-state index < -0.39 is 18.5 Å². The van der Waals surface area contributed by atoms with E-state index in [1.165, 1.54) is 5.56 Å². The van der Waals surface area contributed by atoms with E-state index in [-0.39, 0.29) is 10.3 Å². The highest BCUT2D eigenvalue weighted by Gasteiger charge is 2.44. The zero-order valence-corrected chi connectivity index (χ0v) is 21.2. The number of hydrogen-bond donors (Lipinski definition) is 2. The number of nitrogens with zero attached hydrogens (tertiary/aromatic N) is 4. The minimum absolute atomic E-state index is 0.131. The maximum atomic E-state index is 13.0. The summed E-state index contributed by atoms with van der Waals surface area (Å²) in [7, 11) is 0. The Balaban J connectivity index is 1.18. The standard InChI is InChI=1S/C26H27F3N6OS/c1-15-31-23(19-10-18(11-26(27,28)29)37-24(19)32-15)35-7-5-25(14-35)4-6-34(13-25)12-16-2-3-17-9-21(22(30)36)33-20(17)8-16/h2-3,8-10,33H,4-7,11-14H2,1H3,(H2,30,36). The molecule has 1 atom stereocenters. The van der Waals surface area contributed by atoms with Crippen LogP contribution in [0.1, 0.15) is 39.6 Å². The molecular weight excluding hydrogens is 501 g/mol. The molecule has 1 spiro atoms. The number of primary amides is 1. The number of fused-ring (bicyclic) bond motifs is 2. The average Bonchev–Trinajstić information content (AvgIpc) is 3.58.